The summed E-state index contributed by atoms with van der Waals surface area (Å²) < 4.78 is 7.34. The molecule has 9 nitrogen and oxygen atoms in total. The van der Waals surface area contributed by atoms with Crippen molar-refractivity contribution in [1.82, 2.24) is 30.1 Å². The lowest BCUT2D eigenvalue weighted by Gasteiger charge is -2.18. The van der Waals surface area contributed by atoms with Gasteiger partial charge in [0.15, 0.2) is 0 Å². The predicted molar refractivity (Wildman–Crippen MR) is 98.2 cm³/mol. The molecule has 0 bridgehead atoms. The molecule has 4 rings (SSSR count). The maximum atomic E-state index is 5.69. The van der Waals surface area contributed by atoms with Crippen LogP contribution in [0.3, 0.4) is 0 Å². The molecule has 136 valence electrons. The van der Waals surface area contributed by atoms with E-state index in [1.807, 2.05) is 31.4 Å². The molecule has 0 saturated carbocycles. The fourth-order valence-electron chi connectivity index (χ4n) is 3.30. The van der Waals surface area contributed by atoms with Gasteiger partial charge in [-0.1, -0.05) is 0 Å². The highest BCUT2D eigenvalue weighted by Gasteiger charge is 2.33. The monoisotopic (exact) mass is 354 g/mol. The Kier molecular flexibility index (Phi) is 4.63. The maximum Gasteiger partial charge on any atom is 0.224 e. The van der Waals surface area contributed by atoms with Crippen molar-refractivity contribution in [3.8, 4) is 0 Å². The summed E-state index contributed by atoms with van der Waals surface area (Å²) in [7, 11) is 3.57. The van der Waals surface area contributed by atoms with E-state index in [1.165, 1.54) is 0 Å². The van der Waals surface area contributed by atoms with Crippen molar-refractivity contribution in [2.24, 2.45) is 0 Å². The van der Waals surface area contributed by atoms with Crippen LogP contribution in [0.15, 0.2) is 36.8 Å². The molecule has 3 aromatic rings. The van der Waals surface area contributed by atoms with Crippen molar-refractivity contribution < 1.29 is 4.74 Å². The topological polar surface area (TPSA) is 92.5 Å². The molecule has 0 radical (unpaired) electrons. The van der Waals surface area contributed by atoms with Crippen molar-refractivity contribution >= 4 is 17.3 Å². The van der Waals surface area contributed by atoms with Crippen molar-refractivity contribution in [2.45, 2.75) is 18.7 Å². The predicted octanol–water partition coefficient (Wildman–Crippen LogP) is 0.554. The van der Waals surface area contributed by atoms with Gasteiger partial charge in [0.2, 0.25) is 5.95 Å². The summed E-state index contributed by atoms with van der Waals surface area (Å²) in [6.45, 7) is 2.31. The first kappa shape index (κ1) is 16.7. The Bertz CT molecular complexity index is 882. The van der Waals surface area contributed by atoms with Crippen molar-refractivity contribution in [3.05, 3.63) is 42.4 Å². The van der Waals surface area contributed by atoms with E-state index in [0.29, 0.717) is 12.5 Å². The van der Waals surface area contributed by atoms with Crippen LogP contribution in [-0.2, 0) is 11.3 Å². The fourth-order valence-corrected chi connectivity index (χ4v) is 3.30. The number of anilines is 2. The smallest absolute Gasteiger partial charge is 0.224 e. The number of nitrogens with zero attached hydrogens (tertiary/aromatic N) is 6. The average Bonchev–Trinajstić information content (AvgIpc) is 3.30. The van der Waals surface area contributed by atoms with E-state index in [0.717, 1.165) is 30.0 Å². The third-order valence-corrected chi connectivity index (χ3v) is 4.70. The summed E-state index contributed by atoms with van der Waals surface area (Å²) in [5.41, 5.74) is 2.13. The van der Waals surface area contributed by atoms with Gasteiger partial charge in [0.05, 0.1) is 23.9 Å². The lowest BCUT2D eigenvalue weighted by atomic mass is 10.2. The molecular formula is C17H22N8O. The fraction of sp³-hybridized carbons (Fsp3) is 0.412. The van der Waals surface area contributed by atoms with E-state index in [1.54, 1.807) is 24.1 Å². The van der Waals surface area contributed by atoms with Crippen LogP contribution < -0.4 is 15.5 Å². The van der Waals surface area contributed by atoms with E-state index in [2.05, 4.69) is 35.7 Å². The highest BCUT2D eigenvalue weighted by molar-refractivity contribution is 5.52. The molecular weight excluding hydrogens is 332 g/mol. The van der Waals surface area contributed by atoms with E-state index < -0.39 is 0 Å². The Labute approximate surface area is 151 Å². The summed E-state index contributed by atoms with van der Waals surface area (Å²) in [4.78, 5) is 10.9. The van der Waals surface area contributed by atoms with Crippen LogP contribution in [0.2, 0.25) is 0 Å². The van der Waals surface area contributed by atoms with Crippen molar-refractivity contribution in [3.63, 3.8) is 0 Å². The standard InChI is InChI=1S/C17H22N8O/c1-18-17-19-7-5-16(23-17)24-10-13(15(11-24)26-2)20-8-12-9-22-25-14(12)4-3-6-21-25/h3-7,9,13,15,20H,8,10-11H2,1-2H3,(H,18,19,23)/t13-,15+/m1/s1. The third kappa shape index (κ3) is 3.18. The number of aromatic nitrogens is 5. The number of nitrogens with one attached hydrogen (secondary N) is 2. The molecule has 9 heteroatoms. The highest BCUT2D eigenvalue weighted by Crippen LogP contribution is 2.21. The molecule has 1 aliphatic rings. The highest BCUT2D eigenvalue weighted by atomic mass is 16.5. The second-order valence-electron chi connectivity index (χ2n) is 6.22. The van der Waals surface area contributed by atoms with Gasteiger partial charge in [0.1, 0.15) is 5.82 Å². The molecule has 0 amide bonds. The normalized spacial score (nSPS) is 20.0. The molecule has 0 unspecified atom stereocenters. The number of rotatable bonds is 6. The molecule has 1 aliphatic heterocycles. The number of fused-ring (bicyclic) bond motifs is 1. The van der Waals surface area contributed by atoms with Crippen LogP contribution in [0.1, 0.15) is 5.56 Å². The maximum absolute atomic E-state index is 5.69. The van der Waals surface area contributed by atoms with Crippen LogP contribution in [0.5, 0.6) is 0 Å². The largest absolute Gasteiger partial charge is 0.378 e. The van der Waals surface area contributed by atoms with Crippen LogP contribution in [0, 0.1) is 0 Å². The first-order chi connectivity index (χ1) is 12.8. The second kappa shape index (κ2) is 7.22. The van der Waals surface area contributed by atoms with Gasteiger partial charge in [-0.2, -0.15) is 19.8 Å². The molecule has 2 atom stereocenters. The molecule has 4 heterocycles. The van der Waals surface area contributed by atoms with Crippen LogP contribution in [-0.4, -0.2) is 64.2 Å². The Morgan fingerprint density at radius 2 is 2.15 bits per heavy atom. The first-order valence-corrected chi connectivity index (χ1v) is 8.58. The zero-order chi connectivity index (χ0) is 17.9. The molecule has 26 heavy (non-hydrogen) atoms. The van der Waals surface area contributed by atoms with Gasteiger partial charge >= 0.3 is 0 Å². The van der Waals surface area contributed by atoms with E-state index in [-0.39, 0.29) is 12.1 Å². The van der Waals surface area contributed by atoms with Gasteiger partial charge in [-0.25, -0.2) is 4.98 Å². The zero-order valence-electron chi connectivity index (χ0n) is 14.8. The molecule has 0 aromatic carbocycles. The number of methoxy groups -OCH3 is 1. The zero-order valence-corrected chi connectivity index (χ0v) is 14.8. The van der Waals surface area contributed by atoms with Gasteiger partial charge in [0.25, 0.3) is 0 Å². The van der Waals surface area contributed by atoms with E-state index in [4.69, 9.17) is 4.74 Å². The summed E-state index contributed by atoms with van der Waals surface area (Å²) >= 11 is 0. The Morgan fingerprint density at radius 1 is 1.23 bits per heavy atom. The third-order valence-electron chi connectivity index (χ3n) is 4.70. The van der Waals surface area contributed by atoms with E-state index in [9.17, 15) is 0 Å². The van der Waals surface area contributed by atoms with Crippen molar-refractivity contribution in [2.75, 3.05) is 37.5 Å². The SMILES string of the molecule is CNc1nccc(N2C[C@H](OC)[C@H](NCc3cnn4ncccc34)C2)n1. The summed E-state index contributed by atoms with van der Waals surface area (Å²) in [6, 6.07) is 6.06. The Hall–Kier alpha value is -2.78. The van der Waals surface area contributed by atoms with E-state index >= 15 is 0 Å². The minimum atomic E-state index is 0.0861. The Morgan fingerprint density at radius 3 is 3.00 bits per heavy atom. The number of hydrogen-bond donors (Lipinski definition) is 2. The van der Waals surface area contributed by atoms with Gasteiger partial charge < -0.3 is 20.3 Å². The summed E-state index contributed by atoms with van der Waals surface area (Å²) in [6.07, 6.45) is 5.44. The molecule has 1 saturated heterocycles. The quantitative estimate of drug-likeness (QED) is 0.663. The Balaban J connectivity index is 1.46. The van der Waals surface area contributed by atoms with Gasteiger partial charge in [-0.05, 0) is 18.2 Å². The molecule has 0 aliphatic carbocycles. The minimum absolute atomic E-state index is 0.0861. The van der Waals surface area contributed by atoms with Crippen LogP contribution in [0.4, 0.5) is 11.8 Å². The average molecular weight is 354 g/mol. The van der Waals surface area contributed by atoms with Gasteiger partial charge in [-0.3, -0.25) is 0 Å². The van der Waals surface area contributed by atoms with Gasteiger partial charge in [-0.15, -0.1) is 0 Å². The molecule has 2 N–H and O–H groups in total. The summed E-state index contributed by atoms with van der Waals surface area (Å²) in [5, 5.41) is 15.1. The number of hydrogen-bond acceptors (Lipinski definition) is 8. The first-order valence-electron chi connectivity index (χ1n) is 8.58. The van der Waals surface area contributed by atoms with Crippen LogP contribution >= 0.6 is 0 Å². The van der Waals surface area contributed by atoms with Crippen molar-refractivity contribution in [1.29, 1.82) is 0 Å². The van der Waals surface area contributed by atoms with Gasteiger partial charge in [0, 0.05) is 51.7 Å². The summed E-state index contributed by atoms with van der Waals surface area (Å²) in [5.74, 6) is 1.52. The number of ether oxygens (including phenoxy) is 1. The second-order valence-corrected chi connectivity index (χ2v) is 6.22. The molecule has 1 fully saturated rings. The lowest BCUT2D eigenvalue weighted by Crippen LogP contribution is -2.39. The molecule has 3 aromatic heterocycles. The minimum Gasteiger partial charge on any atom is -0.378 e. The lowest BCUT2D eigenvalue weighted by molar-refractivity contribution is 0.0967. The van der Waals surface area contributed by atoms with Crippen LogP contribution in [0.25, 0.3) is 5.52 Å². The molecule has 0 spiro atoms.